The van der Waals surface area contributed by atoms with Crippen LogP contribution in [0.1, 0.15) is 5.56 Å². The summed E-state index contributed by atoms with van der Waals surface area (Å²) >= 11 is 0. The summed E-state index contributed by atoms with van der Waals surface area (Å²) in [5.41, 5.74) is 1.22. The Balaban J connectivity index is 2.14. The second kappa shape index (κ2) is 7.32. The first kappa shape index (κ1) is 17.1. The van der Waals surface area contributed by atoms with Crippen LogP contribution in [0.15, 0.2) is 36.4 Å². The van der Waals surface area contributed by atoms with Crippen LogP contribution in [0.25, 0.3) is 0 Å². The zero-order valence-corrected chi connectivity index (χ0v) is 13.5. The highest BCUT2D eigenvalue weighted by Gasteiger charge is 2.13. The van der Waals surface area contributed by atoms with Crippen molar-refractivity contribution in [2.24, 2.45) is 0 Å². The first-order valence-corrected chi connectivity index (χ1v) is 6.99. The van der Waals surface area contributed by atoms with E-state index < -0.39 is 11.0 Å². The van der Waals surface area contributed by atoms with E-state index in [-0.39, 0.29) is 5.69 Å². The number of rotatable bonds is 5. The summed E-state index contributed by atoms with van der Waals surface area (Å²) in [5, 5.41) is 16.1. The van der Waals surface area contributed by atoms with Crippen LogP contribution in [0, 0.1) is 17.0 Å². The van der Waals surface area contributed by atoms with Crippen molar-refractivity contribution in [1.82, 2.24) is 0 Å². The van der Waals surface area contributed by atoms with Gasteiger partial charge in [-0.05, 0) is 25.1 Å². The van der Waals surface area contributed by atoms with E-state index in [1.807, 2.05) is 0 Å². The number of ether oxygens (including phenoxy) is 2. The minimum Gasteiger partial charge on any atom is -0.497 e. The molecule has 2 rings (SSSR count). The van der Waals surface area contributed by atoms with Crippen molar-refractivity contribution in [3.63, 3.8) is 0 Å². The van der Waals surface area contributed by atoms with E-state index in [9.17, 15) is 14.9 Å². The molecule has 2 N–H and O–H groups in total. The molecule has 0 fully saturated rings. The Morgan fingerprint density at radius 3 is 2.46 bits per heavy atom. The van der Waals surface area contributed by atoms with Crippen LogP contribution in [0.4, 0.5) is 21.9 Å². The van der Waals surface area contributed by atoms with Crippen molar-refractivity contribution in [2.45, 2.75) is 6.92 Å². The summed E-state index contributed by atoms with van der Waals surface area (Å²) in [6.45, 7) is 1.63. The summed E-state index contributed by atoms with van der Waals surface area (Å²) in [4.78, 5) is 22.5. The van der Waals surface area contributed by atoms with Crippen LogP contribution < -0.4 is 20.1 Å². The minimum atomic E-state index is -0.545. The Hall–Kier alpha value is -3.29. The molecule has 0 unspecified atom stereocenters. The quantitative estimate of drug-likeness (QED) is 0.644. The molecule has 2 aromatic rings. The first-order valence-electron chi connectivity index (χ1n) is 6.99. The molecule has 0 aliphatic rings. The number of anilines is 2. The highest BCUT2D eigenvalue weighted by atomic mass is 16.6. The lowest BCUT2D eigenvalue weighted by molar-refractivity contribution is -0.385. The number of nitro groups is 1. The zero-order valence-electron chi connectivity index (χ0n) is 13.5. The number of hydrogen-bond donors (Lipinski definition) is 2. The second-order valence-corrected chi connectivity index (χ2v) is 4.90. The van der Waals surface area contributed by atoms with Crippen molar-refractivity contribution < 1.29 is 19.2 Å². The molecule has 0 aliphatic carbocycles. The first-order chi connectivity index (χ1) is 11.4. The fourth-order valence-electron chi connectivity index (χ4n) is 2.07. The van der Waals surface area contributed by atoms with E-state index in [0.29, 0.717) is 28.4 Å². The fourth-order valence-corrected chi connectivity index (χ4v) is 2.07. The molecule has 0 radical (unpaired) electrons. The number of amides is 2. The van der Waals surface area contributed by atoms with Crippen LogP contribution in [-0.2, 0) is 0 Å². The van der Waals surface area contributed by atoms with Gasteiger partial charge >= 0.3 is 6.03 Å². The highest BCUT2D eigenvalue weighted by molar-refractivity contribution is 6.00. The Bertz CT molecular complexity index is 776. The lowest BCUT2D eigenvalue weighted by Gasteiger charge is -2.12. The van der Waals surface area contributed by atoms with Gasteiger partial charge in [0, 0.05) is 23.4 Å². The summed E-state index contributed by atoms with van der Waals surface area (Å²) in [7, 11) is 3.00. The molecule has 0 spiro atoms. The number of nitro benzene ring substituents is 1. The van der Waals surface area contributed by atoms with E-state index in [1.165, 1.54) is 20.3 Å². The van der Waals surface area contributed by atoms with Gasteiger partial charge in [0.2, 0.25) is 0 Å². The molecule has 2 amide bonds. The zero-order chi connectivity index (χ0) is 17.7. The normalized spacial score (nSPS) is 9.96. The Labute approximate surface area is 138 Å². The minimum absolute atomic E-state index is 0.0603. The van der Waals surface area contributed by atoms with Crippen molar-refractivity contribution >= 4 is 23.1 Å². The largest absolute Gasteiger partial charge is 0.497 e. The van der Waals surface area contributed by atoms with Crippen LogP contribution in [0.5, 0.6) is 11.5 Å². The van der Waals surface area contributed by atoms with Gasteiger partial charge < -0.3 is 20.1 Å². The number of aryl methyl sites for hydroxylation is 1. The lowest BCUT2D eigenvalue weighted by Crippen LogP contribution is -2.20. The van der Waals surface area contributed by atoms with Crippen molar-refractivity contribution in [3.05, 3.63) is 52.1 Å². The maximum atomic E-state index is 12.1. The van der Waals surface area contributed by atoms with E-state index >= 15 is 0 Å². The van der Waals surface area contributed by atoms with Crippen LogP contribution in [-0.4, -0.2) is 25.2 Å². The van der Waals surface area contributed by atoms with Gasteiger partial charge in [-0.1, -0.05) is 6.07 Å². The number of nitrogens with zero attached hydrogens (tertiary/aromatic N) is 1. The van der Waals surface area contributed by atoms with Crippen LogP contribution >= 0.6 is 0 Å². The molecule has 8 nitrogen and oxygen atoms in total. The third-order valence-corrected chi connectivity index (χ3v) is 3.32. The summed E-state index contributed by atoms with van der Waals surface area (Å²) in [6, 6.07) is 8.86. The molecule has 126 valence electrons. The molecule has 0 aromatic heterocycles. The number of nitrogens with one attached hydrogen (secondary N) is 2. The number of carbonyl (C=O) groups is 1. The Morgan fingerprint density at radius 2 is 1.83 bits per heavy atom. The van der Waals surface area contributed by atoms with Gasteiger partial charge in [-0.3, -0.25) is 10.1 Å². The summed E-state index contributed by atoms with van der Waals surface area (Å²) in [5.74, 6) is 1.02. The predicted octanol–water partition coefficient (Wildman–Crippen LogP) is 3.56. The number of urea groups is 1. The van der Waals surface area contributed by atoms with Gasteiger partial charge in [-0.25, -0.2) is 4.79 Å². The van der Waals surface area contributed by atoms with Gasteiger partial charge in [0.1, 0.15) is 11.5 Å². The molecule has 0 saturated heterocycles. The average Bonchev–Trinajstić information content (AvgIpc) is 2.56. The average molecular weight is 331 g/mol. The molecule has 0 aliphatic heterocycles. The van der Waals surface area contributed by atoms with Gasteiger partial charge in [0.25, 0.3) is 5.69 Å². The van der Waals surface area contributed by atoms with Gasteiger partial charge in [0.05, 0.1) is 24.8 Å². The van der Waals surface area contributed by atoms with Crippen molar-refractivity contribution in [1.29, 1.82) is 0 Å². The van der Waals surface area contributed by atoms with Crippen molar-refractivity contribution in [3.8, 4) is 11.5 Å². The number of benzene rings is 2. The van der Waals surface area contributed by atoms with E-state index in [0.717, 1.165) is 0 Å². The SMILES string of the molecule is COc1ccc(NC(=O)Nc2ccc(C)c([N+](=O)[O-])c2)c(OC)c1. The fraction of sp³-hybridized carbons (Fsp3) is 0.188. The molecular weight excluding hydrogens is 314 g/mol. The van der Waals surface area contributed by atoms with Crippen LogP contribution in [0.3, 0.4) is 0 Å². The van der Waals surface area contributed by atoms with Crippen LogP contribution in [0.2, 0.25) is 0 Å². The Kier molecular flexibility index (Phi) is 5.20. The van der Waals surface area contributed by atoms with Gasteiger partial charge in [-0.2, -0.15) is 0 Å². The standard InChI is InChI=1S/C16H17N3O5/c1-10-4-5-11(8-14(10)19(21)22)17-16(20)18-13-7-6-12(23-2)9-15(13)24-3/h4-9H,1-3H3,(H2,17,18,20). The topological polar surface area (TPSA) is 103 Å². The molecule has 24 heavy (non-hydrogen) atoms. The number of methoxy groups -OCH3 is 2. The molecule has 8 heteroatoms. The number of hydrogen-bond acceptors (Lipinski definition) is 5. The third kappa shape index (κ3) is 3.92. The monoisotopic (exact) mass is 331 g/mol. The predicted molar refractivity (Wildman–Crippen MR) is 90.0 cm³/mol. The highest BCUT2D eigenvalue weighted by Crippen LogP contribution is 2.29. The smallest absolute Gasteiger partial charge is 0.323 e. The molecule has 0 bridgehead atoms. The Morgan fingerprint density at radius 1 is 1.08 bits per heavy atom. The third-order valence-electron chi connectivity index (χ3n) is 3.32. The molecular formula is C16H17N3O5. The van der Waals surface area contributed by atoms with E-state index in [2.05, 4.69) is 10.6 Å². The van der Waals surface area contributed by atoms with Crippen molar-refractivity contribution in [2.75, 3.05) is 24.9 Å². The molecule has 0 atom stereocenters. The maximum Gasteiger partial charge on any atom is 0.323 e. The summed E-state index contributed by atoms with van der Waals surface area (Å²) < 4.78 is 10.3. The molecule has 2 aromatic carbocycles. The lowest BCUT2D eigenvalue weighted by atomic mass is 10.2. The maximum absolute atomic E-state index is 12.1. The number of carbonyl (C=O) groups excluding carboxylic acids is 1. The second-order valence-electron chi connectivity index (χ2n) is 4.90. The summed E-state index contributed by atoms with van der Waals surface area (Å²) in [6.07, 6.45) is 0. The van der Waals surface area contributed by atoms with Gasteiger partial charge in [-0.15, -0.1) is 0 Å². The van der Waals surface area contributed by atoms with Gasteiger partial charge in [0.15, 0.2) is 0 Å². The molecule has 0 heterocycles. The molecule has 0 saturated carbocycles. The van der Waals surface area contributed by atoms with E-state index in [4.69, 9.17) is 9.47 Å². The van der Waals surface area contributed by atoms with E-state index in [1.54, 1.807) is 37.3 Å².